The molecule has 0 saturated carbocycles. The summed E-state index contributed by atoms with van der Waals surface area (Å²) in [4.78, 5) is 0. The van der Waals surface area contributed by atoms with Crippen LogP contribution >= 0.6 is 28.6 Å². The summed E-state index contributed by atoms with van der Waals surface area (Å²) in [5, 5.41) is 9.58. The van der Waals surface area contributed by atoms with Gasteiger partial charge in [0.05, 0.1) is 0 Å². The Morgan fingerprint density at radius 3 is 2.83 bits per heavy atom. The van der Waals surface area contributed by atoms with E-state index in [-0.39, 0.29) is 5.25 Å². The second-order valence-corrected chi connectivity index (χ2v) is 4.17. The van der Waals surface area contributed by atoms with Crippen LogP contribution in [0.3, 0.4) is 0 Å². The van der Waals surface area contributed by atoms with E-state index in [0.29, 0.717) is 5.75 Å². The predicted molar refractivity (Wildman–Crippen MR) is 57.8 cm³/mol. The Morgan fingerprint density at radius 1 is 1.58 bits per heavy atom. The van der Waals surface area contributed by atoms with Gasteiger partial charge in [-0.25, -0.2) is 0 Å². The molecular formula is C9H11BrOS. The molecular weight excluding hydrogens is 236 g/mol. The SMILES string of the molecule is CCC(S)c1cc(Br)ccc1O. The van der Waals surface area contributed by atoms with Gasteiger partial charge in [0.1, 0.15) is 5.75 Å². The van der Waals surface area contributed by atoms with Crippen molar-refractivity contribution < 1.29 is 5.11 Å². The van der Waals surface area contributed by atoms with E-state index < -0.39 is 0 Å². The van der Waals surface area contributed by atoms with E-state index in [2.05, 4.69) is 28.6 Å². The molecule has 1 aromatic carbocycles. The third-order valence-corrected chi connectivity index (χ3v) is 2.87. The molecule has 1 rings (SSSR count). The van der Waals surface area contributed by atoms with Crippen LogP contribution in [0.4, 0.5) is 0 Å². The summed E-state index contributed by atoms with van der Waals surface area (Å²) in [6.07, 6.45) is 0.910. The number of halogens is 1. The first-order valence-corrected chi connectivity index (χ1v) is 5.12. The number of phenols is 1. The Labute approximate surface area is 86.3 Å². The van der Waals surface area contributed by atoms with Crippen LogP contribution in [0.5, 0.6) is 5.75 Å². The molecule has 0 fully saturated rings. The summed E-state index contributed by atoms with van der Waals surface area (Å²) in [7, 11) is 0. The number of benzene rings is 1. The van der Waals surface area contributed by atoms with Gasteiger partial charge in [-0.15, -0.1) is 0 Å². The standard InChI is InChI=1S/C9H11BrOS/c1-2-9(12)7-5-6(10)3-4-8(7)11/h3-5,9,11-12H,2H2,1H3. The summed E-state index contributed by atoms with van der Waals surface area (Å²) in [6.45, 7) is 2.04. The second kappa shape index (κ2) is 4.19. The molecule has 0 radical (unpaired) electrons. The molecule has 3 heteroatoms. The maximum Gasteiger partial charge on any atom is 0.119 e. The lowest BCUT2D eigenvalue weighted by atomic mass is 10.1. The molecule has 0 bridgehead atoms. The van der Waals surface area contributed by atoms with Crippen molar-refractivity contribution in [3.05, 3.63) is 28.2 Å². The third kappa shape index (κ3) is 2.17. The average Bonchev–Trinajstić information content (AvgIpc) is 2.08. The van der Waals surface area contributed by atoms with Crippen molar-refractivity contribution in [2.45, 2.75) is 18.6 Å². The molecule has 66 valence electrons. The molecule has 0 aliphatic carbocycles. The molecule has 0 spiro atoms. The van der Waals surface area contributed by atoms with E-state index in [4.69, 9.17) is 0 Å². The van der Waals surface area contributed by atoms with E-state index in [9.17, 15) is 5.11 Å². The molecule has 1 unspecified atom stereocenters. The van der Waals surface area contributed by atoms with Gasteiger partial charge in [0.25, 0.3) is 0 Å². The highest BCUT2D eigenvalue weighted by Gasteiger charge is 2.08. The van der Waals surface area contributed by atoms with Crippen molar-refractivity contribution in [3.8, 4) is 5.75 Å². The van der Waals surface area contributed by atoms with E-state index in [1.807, 2.05) is 19.1 Å². The van der Waals surface area contributed by atoms with Crippen LogP contribution in [0.15, 0.2) is 22.7 Å². The van der Waals surface area contributed by atoms with E-state index in [0.717, 1.165) is 16.5 Å². The Hall–Kier alpha value is -0.150. The Balaban J connectivity index is 3.04. The Morgan fingerprint density at radius 2 is 2.25 bits per heavy atom. The predicted octanol–water partition coefficient (Wildman–Crippen LogP) is 3.54. The molecule has 0 heterocycles. The van der Waals surface area contributed by atoms with Crippen LogP contribution in [-0.4, -0.2) is 5.11 Å². The fourth-order valence-corrected chi connectivity index (χ4v) is 1.60. The number of hydrogen-bond donors (Lipinski definition) is 2. The minimum atomic E-state index is 0.113. The van der Waals surface area contributed by atoms with Crippen molar-refractivity contribution in [2.24, 2.45) is 0 Å². The van der Waals surface area contributed by atoms with Crippen molar-refractivity contribution in [3.63, 3.8) is 0 Å². The van der Waals surface area contributed by atoms with Gasteiger partial charge in [0, 0.05) is 15.3 Å². The molecule has 0 saturated heterocycles. The number of hydrogen-bond acceptors (Lipinski definition) is 2. The normalized spacial score (nSPS) is 12.9. The van der Waals surface area contributed by atoms with E-state index in [1.165, 1.54) is 0 Å². The van der Waals surface area contributed by atoms with Crippen molar-refractivity contribution in [2.75, 3.05) is 0 Å². The van der Waals surface area contributed by atoms with E-state index >= 15 is 0 Å². The number of rotatable bonds is 2. The quantitative estimate of drug-likeness (QED) is 0.766. The first-order chi connectivity index (χ1) is 5.65. The number of phenolic OH excluding ortho intramolecular Hbond substituents is 1. The molecule has 0 aromatic heterocycles. The summed E-state index contributed by atoms with van der Waals surface area (Å²) >= 11 is 7.70. The lowest BCUT2D eigenvalue weighted by Gasteiger charge is -2.10. The topological polar surface area (TPSA) is 20.2 Å². The molecule has 1 nitrogen and oxygen atoms in total. The van der Waals surface area contributed by atoms with Crippen molar-refractivity contribution in [1.82, 2.24) is 0 Å². The molecule has 0 aliphatic rings. The van der Waals surface area contributed by atoms with Crippen LogP contribution in [0, 0.1) is 0 Å². The monoisotopic (exact) mass is 246 g/mol. The van der Waals surface area contributed by atoms with Gasteiger partial charge in [0.2, 0.25) is 0 Å². The van der Waals surface area contributed by atoms with Gasteiger partial charge in [0.15, 0.2) is 0 Å². The number of aromatic hydroxyl groups is 1. The zero-order valence-electron chi connectivity index (χ0n) is 6.79. The largest absolute Gasteiger partial charge is 0.508 e. The van der Waals surface area contributed by atoms with Gasteiger partial charge in [-0.05, 0) is 24.6 Å². The molecule has 1 atom stereocenters. The Kier molecular flexibility index (Phi) is 3.47. The average molecular weight is 247 g/mol. The van der Waals surface area contributed by atoms with Gasteiger partial charge in [-0.2, -0.15) is 12.6 Å². The lowest BCUT2D eigenvalue weighted by molar-refractivity contribution is 0.467. The van der Waals surface area contributed by atoms with Crippen molar-refractivity contribution in [1.29, 1.82) is 0 Å². The maximum absolute atomic E-state index is 9.47. The van der Waals surface area contributed by atoms with Crippen LogP contribution in [0.2, 0.25) is 0 Å². The molecule has 12 heavy (non-hydrogen) atoms. The van der Waals surface area contributed by atoms with Gasteiger partial charge < -0.3 is 5.11 Å². The fraction of sp³-hybridized carbons (Fsp3) is 0.333. The highest BCUT2D eigenvalue weighted by molar-refractivity contribution is 9.10. The molecule has 0 aliphatic heterocycles. The first-order valence-electron chi connectivity index (χ1n) is 3.81. The third-order valence-electron chi connectivity index (χ3n) is 1.74. The highest BCUT2D eigenvalue weighted by Crippen LogP contribution is 2.32. The molecule has 1 aromatic rings. The smallest absolute Gasteiger partial charge is 0.119 e. The second-order valence-electron chi connectivity index (χ2n) is 2.63. The zero-order valence-corrected chi connectivity index (χ0v) is 9.27. The van der Waals surface area contributed by atoms with Gasteiger partial charge >= 0.3 is 0 Å². The molecule has 1 N–H and O–H groups in total. The van der Waals surface area contributed by atoms with Crippen LogP contribution in [-0.2, 0) is 0 Å². The van der Waals surface area contributed by atoms with Crippen LogP contribution in [0.1, 0.15) is 24.2 Å². The Bertz CT molecular complexity index is 275. The molecule has 0 amide bonds. The summed E-state index contributed by atoms with van der Waals surface area (Å²) < 4.78 is 0.975. The zero-order chi connectivity index (χ0) is 9.14. The van der Waals surface area contributed by atoms with Crippen LogP contribution < -0.4 is 0 Å². The lowest BCUT2D eigenvalue weighted by Crippen LogP contribution is -1.88. The van der Waals surface area contributed by atoms with Crippen molar-refractivity contribution >= 4 is 28.6 Å². The fourth-order valence-electron chi connectivity index (χ4n) is 1.01. The van der Waals surface area contributed by atoms with Crippen LogP contribution in [0.25, 0.3) is 0 Å². The summed E-state index contributed by atoms with van der Waals surface area (Å²) in [5.74, 6) is 0.319. The number of thiol groups is 1. The first kappa shape index (κ1) is 9.93. The highest BCUT2D eigenvalue weighted by atomic mass is 79.9. The van der Waals surface area contributed by atoms with Gasteiger partial charge in [-0.3, -0.25) is 0 Å². The van der Waals surface area contributed by atoms with Gasteiger partial charge in [-0.1, -0.05) is 22.9 Å². The summed E-state index contributed by atoms with van der Waals surface area (Å²) in [6, 6.07) is 5.39. The minimum absolute atomic E-state index is 0.113. The maximum atomic E-state index is 9.47. The minimum Gasteiger partial charge on any atom is -0.508 e. The summed E-state index contributed by atoms with van der Waals surface area (Å²) in [5.41, 5.74) is 0.884. The van der Waals surface area contributed by atoms with E-state index in [1.54, 1.807) is 6.07 Å².